The van der Waals surface area contributed by atoms with Gasteiger partial charge in [-0.2, -0.15) is 26.3 Å². The molecule has 13 heteroatoms. The van der Waals surface area contributed by atoms with E-state index >= 15 is 0 Å². The lowest BCUT2D eigenvalue weighted by molar-refractivity contribution is -0.279. The number of aromatic nitrogens is 1. The van der Waals surface area contributed by atoms with Crippen molar-refractivity contribution in [2.24, 2.45) is 11.8 Å². The molecule has 0 spiro atoms. The molecule has 0 radical (unpaired) electrons. The lowest BCUT2D eigenvalue weighted by Gasteiger charge is -2.41. The molecule has 1 N–H and O–H groups in total. The molecule has 2 atom stereocenters. The van der Waals surface area contributed by atoms with E-state index in [1.165, 1.54) is 25.4 Å². The maximum atomic E-state index is 12.9. The van der Waals surface area contributed by atoms with E-state index in [2.05, 4.69) is 19.8 Å². The molecule has 160 valence electrons. The fourth-order valence-electron chi connectivity index (χ4n) is 3.61. The van der Waals surface area contributed by atoms with Gasteiger partial charge in [0.2, 0.25) is 0 Å². The molecular formula is C16H15F6N3O4. The Morgan fingerprint density at radius 1 is 1.14 bits per heavy atom. The van der Waals surface area contributed by atoms with Crippen LogP contribution in [-0.4, -0.2) is 54.8 Å². The van der Waals surface area contributed by atoms with Crippen molar-refractivity contribution in [1.82, 2.24) is 10.3 Å². The van der Waals surface area contributed by atoms with Crippen LogP contribution >= 0.6 is 0 Å². The van der Waals surface area contributed by atoms with E-state index in [0.717, 1.165) is 4.90 Å². The summed E-state index contributed by atoms with van der Waals surface area (Å²) in [5.74, 6) is -10.2. The largest absolute Gasteiger partial charge is 0.491 e. The van der Waals surface area contributed by atoms with E-state index in [9.17, 15) is 35.9 Å². The molecule has 0 saturated carbocycles. The van der Waals surface area contributed by atoms with E-state index in [1.807, 2.05) is 0 Å². The van der Waals surface area contributed by atoms with Crippen LogP contribution in [0.25, 0.3) is 0 Å². The summed E-state index contributed by atoms with van der Waals surface area (Å²) in [4.78, 5) is 28.0. The summed E-state index contributed by atoms with van der Waals surface area (Å²) in [6.45, 7) is 1.50. The van der Waals surface area contributed by atoms with Gasteiger partial charge in [0.15, 0.2) is 0 Å². The number of rotatable bonds is 3. The average Bonchev–Trinajstić information content (AvgIpc) is 3.16. The number of nitrogens with one attached hydrogen (secondary N) is 1. The molecular weight excluding hydrogens is 412 g/mol. The van der Waals surface area contributed by atoms with Crippen LogP contribution in [-0.2, 0) is 19.1 Å². The second-order valence-corrected chi connectivity index (χ2v) is 6.70. The quantitative estimate of drug-likeness (QED) is 0.449. The van der Waals surface area contributed by atoms with Crippen molar-refractivity contribution in [2.75, 3.05) is 24.5 Å². The first-order valence-electron chi connectivity index (χ1n) is 8.35. The first-order chi connectivity index (χ1) is 13.4. The van der Waals surface area contributed by atoms with Gasteiger partial charge in [0, 0.05) is 43.6 Å². The number of ether oxygens (including phenoxy) is 2. The Balaban J connectivity index is 2.13. The van der Waals surface area contributed by atoms with Gasteiger partial charge in [0.25, 0.3) is 0 Å². The van der Waals surface area contributed by atoms with Crippen LogP contribution in [0, 0.1) is 18.8 Å². The predicted octanol–water partition coefficient (Wildman–Crippen LogP) is 1.91. The number of carbonyl (C=O) groups excluding carboxylic acids is 2. The van der Waals surface area contributed by atoms with Gasteiger partial charge in [-0.1, -0.05) is 0 Å². The zero-order valence-corrected chi connectivity index (χ0v) is 14.8. The molecule has 0 amide bonds. The minimum absolute atomic E-state index is 0.112. The number of fused-ring (bicyclic) bond motifs is 1. The minimum atomic E-state index is -5.51. The van der Waals surface area contributed by atoms with Crippen molar-refractivity contribution in [3.63, 3.8) is 0 Å². The SMILES string of the molecule is Cc1cnccc1N1CC2CNCC2C1(OC(=O)C(F)(F)F)OC(=O)C(F)(F)F. The molecule has 2 aliphatic rings. The molecule has 0 aliphatic carbocycles. The molecule has 7 nitrogen and oxygen atoms in total. The average molecular weight is 427 g/mol. The number of hydrogen-bond donors (Lipinski definition) is 1. The minimum Gasteiger partial charge on any atom is -0.396 e. The van der Waals surface area contributed by atoms with Gasteiger partial charge in [-0.15, -0.1) is 0 Å². The van der Waals surface area contributed by atoms with Gasteiger partial charge >= 0.3 is 30.2 Å². The standard InChI is InChI=1S/C16H15F6N3O4/c1-8-4-23-3-2-11(8)25-7-9-5-24-6-10(9)16(25,28-12(26)14(17,18)19)29-13(27)15(20,21)22/h2-4,9-10,24H,5-7H2,1H3. The number of nitrogens with zero attached hydrogens (tertiary/aromatic N) is 2. The normalized spacial score (nSPS) is 23.6. The lowest BCUT2D eigenvalue weighted by atomic mass is 9.97. The van der Waals surface area contributed by atoms with Crippen LogP contribution in [0.2, 0.25) is 0 Å². The van der Waals surface area contributed by atoms with Crippen molar-refractivity contribution in [3.05, 3.63) is 24.0 Å². The number of aryl methyl sites for hydroxylation is 1. The first kappa shape index (κ1) is 21.1. The fraction of sp³-hybridized carbons (Fsp3) is 0.562. The highest BCUT2D eigenvalue weighted by atomic mass is 19.4. The van der Waals surface area contributed by atoms with Gasteiger partial charge < -0.3 is 14.8 Å². The maximum Gasteiger partial charge on any atom is 0.491 e. The molecule has 2 saturated heterocycles. The Morgan fingerprint density at radius 3 is 2.24 bits per heavy atom. The van der Waals surface area contributed by atoms with Crippen molar-refractivity contribution >= 4 is 17.6 Å². The highest BCUT2D eigenvalue weighted by Crippen LogP contribution is 2.47. The number of esters is 2. The van der Waals surface area contributed by atoms with E-state index in [4.69, 9.17) is 0 Å². The predicted molar refractivity (Wildman–Crippen MR) is 83.2 cm³/mol. The molecule has 0 aromatic carbocycles. The van der Waals surface area contributed by atoms with Crippen molar-refractivity contribution in [1.29, 1.82) is 0 Å². The highest BCUT2D eigenvalue weighted by molar-refractivity contribution is 5.79. The number of anilines is 1. The van der Waals surface area contributed by atoms with Crippen molar-refractivity contribution < 1.29 is 45.4 Å². The third kappa shape index (κ3) is 3.82. The smallest absolute Gasteiger partial charge is 0.396 e. The van der Waals surface area contributed by atoms with E-state index in [1.54, 1.807) is 0 Å². The molecule has 3 heterocycles. The lowest BCUT2D eigenvalue weighted by Crippen LogP contribution is -2.59. The molecule has 1 aromatic rings. The zero-order chi connectivity index (χ0) is 21.6. The topological polar surface area (TPSA) is 80.8 Å². The summed E-state index contributed by atoms with van der Waals surface area (Å²) in [5.41, 5.74) is 0.496. The second kappa shape index (κ2) is 7.04. The van der Waals surface area contributed by atoms with Gasteiger partial charge in [-0.25, -0.2) is 9.59 Å². The summed E-state index contributed by atoms with van der Waals surface area (Å²) in [7, 11) is 0. The summed E-state index contributed by atoms with van der Waals surface area (Å²) in [6, 6.07) is 1.32. The summed E-state index contributed by atoms with van der Waals surface area (Å²) < 4.78 is 86.5. The van der Waals surface area contributed by atoms with Crippen LogP contribution in [0.1, 0.15) is 5.56 Å². The van der Waals surface area contributed by atoms with Crippen LogP contribution in [0.15, 0.2) is 18.5 Å². The first-order valence-corrected chi connectivity index (χ1v) is 8.35. The third-order valence-corrected chi connectivity index (χ3v) is 4.82. The number of halogens is 6. The Kier molecular flexibility index (Phi) is 5.13. The number of alkyl halides is 6. The summed E-state index contributed by atoms with van der Waals surface area (Å²) in [6.07, 6.45) is -8.44. The summed E-state index contributed by atoms with van der Waals surface area (Å²) >= 11 is 0. The van der Waals surface area contributed by atoms with Gasteiger partial charge in [0.1, 0.15) is 0 Å². The Morgan fingerprint density at radius 2 is 1.72 bits per heavy atom. The van der Waals surface area contributed by atoms with E-state index in [-0.39, 0.29) is 25.3 Å². The van der Waals surface area contributed by atoms with E-state index < -0.39 is 42.0 Å². The molecule has 3 rings (SSSR count). The fourth-order valence-corrected chi connectivity index (χ4v) is 3.61. The molecule has 2 unspecified atom stereocenters. The molecule has 2 aliphatic heterocycles. The number of hydrogen-bond acceptors (Lipinski definition) is 7. The van der Waals surface area contributed by atoms with Crippen LogP contribution in [0.5, 0.6) is 0 Å². The molecule has 29 heavy (non-hydrogen) atoms. The summed E-state index contributed by atoms with van der Waals surface area (Å²) in [5, 5.41) is 2.81. The van der Waals surface area contributed by atoms with Gasteiger partial charge in [-0.3, -0.25) is 9.88 Å². The Bertz CT molecular complexity index is 785. The van der Waals surface area contributed by atoms with Gasteiger partial charge in [-0.05, 0) is 18.6 Å². The van der Waals surface area contributed by atoms with Crippen LogP contribution in [0.4, 0.5) is 32.0 Å². The highest BCUT2D eigenvalue weighted by Gasteiger charge is 2.65. The van der Waals surface area contributed by atoms with Crippen LogP contribution in [0.3, 0.4) is 0 Å². The van der Waals surface area contributed by atoms with Crippen LogP contribution < -0.4 is 10.2 Å². The number of carbonyl (C=O) groups is 2. The Labute approximate surface area is 160 Å². The third-order valence-electron chi connectivity index (χ3n) is 4.82. The molecule has 1 aromatic heterocycles. The zero-order valence-electron chi connectivity index (χ0n) is 14.8. The van der Waals surface area contributed by atoms with Crippen molar-refractivity contribution in [3.8, 4) is 0 Å². The Hall–Kier alpha value is -2.57. The van der Waals surface area contributed by atoms with E-state index in [0.29, 0.717) is 5.56 Å². The second-order valence-electron chi connectivity index (χ2n) is 6.70. The van der Waals surface area contributed by atoms with Crippen molar-refractivity contribution in [2.45, 2.75) is 25.2 Å². The molecule has 2 fully saturated rings. The van der Waals surface area contributed by atoms with Gasteiger partial charge in [0.05, 0.1) is 5.92 Å². The maximum absolute atomic E-state index is 12.9. The monoisotopic (exact) mass is 427 g/mol. The molecule has 0 bridgehead atoms. The number of pyridine rings is 1.